The van der Waals surface area contributed by atoms with Gasteiger partial charge >= 0.3 is 0 Å². The zero-order chi connectivity index (χ0) is 9.68. The molecule has 1 aromatic rings. The largest absolute Gasteiger partial charge is 0.368 e. The average molecular weight is 216 g/mol. The minimum Gasteiger partial charge on any atom is -0.368 e. The van der Waals surface area contributed by atoms with Crippen LogP contribution in [0.3, 0.4) is 0 Å². The monoisotopic (exact) mass is 216 g/mol. The predicted octanol–water partition coefficient (Wildman–Crippen LogP) is 1.28. The molecule has 0 aromatic carbocycles. The summed E-state index contributed by atoms with van der Waals surface area (Å²) >= 11 is 3.26. The molecule has 0 amide bonds. The third kappa shape index (κ3) is 3.31. The highest BCUT2D eigenvalue weighted by Gasteiger charge is 2.02. The number of thioether (sulfide) groups is 1. The van der Waals surface area contributed by atoms with Crippen molar-refractivity contribution in [2.24, 2.45) is 4.99 Å². The number of nitrogens with one attached hydrogen (secondary N) is 1. The lowest BCUT2D eigenvalue weighted by Gasteiger charge is -2.00. The number of nitrogens with zero attached hydrogens (tertiary/aromatic N) is 3. The van der Waals surface area contributed by atoms with Crippen molar-refractivity contribution in [2.45, 2.75) is 12.7 Å². The maximum absolute atomic E-state index is 4.05. The van der Waals surface area contributed by atoms with Crippen LogP contribution < -0.4 is 5.32 Å². The van der Waals surface area contributed by atoms with Crippen LogP contribution >= 0.6 is 23.1 Å². The molecule has 6 heteroatoms. The van der Waals surface area contributed by atoms with Gasteiger partial charge in [0.05, 0.1) is 5.75 Å². The Labute approximate surface area is 85.9 Å². The van der Waals surface area contributed by atoms with E-state index in [1.54, 1.807) is 30.1 Å². The molecule has 0 radical (unpaired) electrons. The van der Waals surface area contributed by atoms with Crippen LogP contribution in [-0.2, 0) is 5.75 Å². The highest BCUT2D eigenvalue weighted by molar-refractivity contribution is 8.13. The Morgan fingerprint density at radius 3 is 2.85 bits per heavy atom. The standard InChI is InChI=1S/C7H12N4S2/c1-5-10-11-6(13-5)4-12-7(8-2)9-3/h4H2,1-3H3,(H,8,9). The summed E-state index contributed by atoms with van der Waals surface area (Å²) in [5, 5.41) is 13.9. The molecule has 1 N–H and O–H groups in total. The summed E-state index contributed by atoms with van der Waals surface area (Å²) in [6.07, 6.45) is 0. The second kappa shape index (κ2) is 5.18. The van der Waals surface area contributed by atoms with Gasteiger partial charge in [-0.2, -0.15) is 0 Å². The lowest BCUT2D eigenvalue weighted by molar-refractivity contribution is 1.01. The van der Waals surface area contributed by atoms with E-state index < -0.39 is 0 Å². The number of rotatable bonds is 2. The molecule has 0 saturated heterocycles. The van der Waals surface area contributed by atoms with E-state index >= 15 is 0 Å². The second-order valence-electron chi connectivity index (χ2n) is 2.28. The van der Waals surface area contributed by atoms with E-state index in [9.17, 15) is 0 Å². The second-order valence-corrected chi connectivity index (χ2v) is 4.51. The summed E-state index contributed by atoms with van der Waals surface area (Å²) in [6.45, 7) is 1.96. The summed E-state index contributed by atoms with van der Waals surface area (Å²) < 4.78 is 0. The topological polar surface area (TPSA) is 50.2 Å². The van der Waals surface area contributed by atoms with E-state index in [0.29, 0.717) is 0 Å². The highest BCUT2D eigenvalue weighted by atomic mass is 32.2. The first-order valence-corrected chi connectivity index (χ1v) is 5.62. The summed E-state index contributed by atoms with van der Waals surface area (Å²) in [5.41, 5.74) is 0. The van der Waals surface area contributed by atoms with Gasteiger partial charge in [0.1, 0.15) is 10.0 Å². The van der Waals surface area contributed by atoms with Crippen LogP contribution in [0.5, 0.6) is 0 Å². The molecule has 0 unspecified atom stereocenters. The fourth-order valence-electron chi connectivity index (χ4n) is 0.774. The first kappa shape index (κ1) is 10.5. The van der Waals surface area contributed by atoms with Crippen LogP contribution in [0.1, 0.15) is 10.0 Å². The van der Waals surface area contributed by atoms with Gasteiger partial charge in [-0.15, -0.1) is 21.5 Å². The van der Waals surface area contributed by atoms with Gasteiger partial charge in [0.25, 0.3) is 0 Å². The minimum absolute atomic E-state index is 0.832. The Morgan fingerprint density at radius 1 is 1.62 bits per heavy atom. The number of hydrogen-bond donors (Lipinski definition) is 1. The Hall–Kier alpha value is -0.620. The van der Waals surface area contributed by atoms with E-state index in [4.69, 9.17) is 0 Å². The first-order chi connectivity index (χ1) is 6.26. The number of aryl methyl sites for hydroxylation is 1. The van der Waals surface area contributed by atoms with Crippen LogP contribution in [0.4, 0.5) is 0 Å². The molecule has 0 aliphatic carbocycles. The molecule has 0 saturated carbocycles. The molecule has 0 fully saturated rings. The fourth-order valence-corrected chi connectivity index (χ4v) is 2.28. The molecule has 0 aliphatic heterocycles. The number of amidine groups is 1. The third-order valence-corrected chi connectivity index (χ3v) is 3.42. The molecule has 13 heavy (non-hydrogen) atoms. The molecule has 0 atom stereocenters. The van der Waals surface area contributed by atoms with Crippen molar-refractivity contribution in [1.82, 2.24) is 15.5 Å². The predicted molar refractivity (Wildman–Crippen MR) is 58.4 cm³/mol. The molecular weight excluding hydrogens is 204 g/mol. The van der Waals surface area contributed by atoms with Crippen molar-refractivity contribution in [3.8, 4) is 0 Å². The zero-order valence-corrected chi connectivity index (χ0v) is 9.50. The average Bonchev–Trinajstić information content (AvgIpc) is 2.53. The van der Waals surface area contributed by atoms with Crippen LogP contribution in [0, 0.1) is 6.92 Å². The Balaban J connectivity index is 2.43. The molecule has 0 spiro atoms. The molecular formula is C7H12N4S2. The maximum Gasteiger partial charge on any atom is 0.156 e. The number of hydrogen-bond acceptors (Lipinski definition) is 5. The smallest absolute Gasteiger partial charge is 0.156 e. The summed E-state index contributed by atoms with van der Waals surface area (Å²) in [6, 6.07) is 0. The van der Waals surface area contributed by atoms with Gasteiger partial charge < -0.3 is 5.32 Å². The quantitative estimate of drug-likeness (QED) is 0.598. The van der Waals surface area contributed by atoms with Crippen LogP contribution in [-0.4, -0.2) is 29.5 Å². The van der Waals surface area contributed by atoms with E-state index in [1.165, 1.54) is 0 Å². The summed E-state index contributed by atoms with van der Waals surface area (Å²) in [7, 11) is 3.63. The van der Waals surface area contributed by atoms with Crippen molar-refractivity contribution in [1.29, 1.82) is 0 Å². The molecule has 1 heterocycles. The Morgan fingerprint density at radius 2 is 2.38 bits per heavy atom. The third-order valence-electron chi connectivity index (χ3n) is 1.32. The van der Waals surface area contributed by atoms with Gasteiger partial charge in [0, 0.05) is 14.1 Å². The fraction of sp³-hybridized carbons (Fsp3) is 0.571. The van der Waals surface area contributed by atoms with Gasteiger partial charge in [-0.05, 0) is 6.92 Å². The van der Waals surface area contributed by atoms with E-state index in [0.717, 1.165) is 20.9 Å². The number of aromatic nitrogens is 2. The normalized spacial score (nSPS) is 11.8. The highest BCUT2D eigenvalue weighted by Crippen LogP contribution is 2.16. The van der Waals surface area contributed by atoms with Gasteiger partial charge in [-0.1, -0.05) is 11.8 Å². The van der Waals surface area contributed by atoms with E-state index in [2.05, 4.69) is 20.5 Å². The molecule has 0 aliphatic rings. The summed E-state index contributed by atoms with van der Waals surface area (Å²) in [5.74, 6) is 0.832. The van der Waals surface area contributed by atoms with Crippen LogP contribution in [0.25, 0.3) is 0 Å². The van der Waals surface area contributed by atoms with Gasteiger partial charge in [-0.25, -0.2) is 0 Å². The molecule has 1 rings (SSSR count). The van der Waals surface area contributed by atoms with Gasteiger partial charge in [0.15, 0.2) is 5.17 Å². The molecule has 72 valence electrons. The van der Waals surface area contributed by atoms with E-state index in [-0.39, 0.29) is 0 Å². The number of aliphatic imine (C=N–C) groups is 1. The van der Waals surface area contributed by atoms with Crippen molar-refractivity contribution >= 4 is 28.3 Å². The SMILES string of the molecule is CN=C(NC)SCc1nnc(C)s1. The van der Waals surface area contributed by atoms with Gasteiger partial charge in [0.2, 0.25) is 0 Å². The van der Waals surface area contributed by atoms with Crippen molar-refractivity contribution < 1.29 is 0 Å². The van der Waals surface area contributed by atoms with Crippen molar-refractivity contribution in [3.63, 3.8) is 0 Å². The van der Waals surface area contributed by atoms with Gasteiger partial charge in [-0.3, -0.25) is 4.99 Å². The maximum atomic E-state index is 4.05. The van der Waals surface area contributed by atoms with Crippen molar-refractivity contribution in [2.75, 3.05) is 14.1 Å². The molecule has 0 bridgehead atoms. The first-order valence-electron chi connectivity index (χ1n) is 3.82. The Kier molecular flexibility index (Phi) is 4.17. The Bertz CT molecular complexity index is 294. The minimum atomic E-state index is 0.832. The van der Waals surface area contributed by atoms with Crippen LogP contribution in [0.2, 0.25) is 0 Å². The summed E-state index contributed by atoms with van der Waals surface area (Å²) in [4.78, 5) is 4.05. The lowest BCUT2D eigenvalue weighted by Crippen LogP contribution is -2.13. The molecule has 1 aromatic heterocycles. The zero-order valence-electron chi connectivity index (χ0n) is 7.87. The lowest BCUT2D eigenvalue weighted by atomic mass is 10.8. The van der Waals surface area contributed by atoms with Crippen molar-refractivity contribution in [3.05, 3.63) is 10.0 Å². The van der Waals surface area contributed by atoms with Crippen LogP contribution in [0.15, 0.2) is 4.99 Å². The molecule has 4 nitrogen and oxygen atoms in total. The van der Waals surface area contributed by atoms with E-state index in [1.807, 2.05) is 14.0 Å².